The van der Waals surface area contributed by atoms with Crippen molar-refractivity contribution in [3.05, 3.63) is 64.0 Å². The van der Waals surface area contributed by atoms with Crippen molar-refractivity contribution in [2.24, 2.45) is 0 Å². The first kappa shape index (κ1) is 27.4. The summed E-state index contributed by atoms with van der Waals surface area (Å²) < 4.78 is 6.95. The van der Waals surface area contributed by atoms with Gasteiger partial charge in [0.1, 0.15) is 6.04 Å². The number of aromatic nitrogens is 3. The average Bonchev–Trinajstić information content (AvgIpc) is 3.38. The highest BCUT2D eigenvalue weighted by Gasteiger charge is 2.33. The minimum atomic E-state index is -0.761. The first-order chi connectivity index (χ1) is 18.8. The summed E-state index contributed by atoms with van der Waals surface area (Å²) in [5, 5.41) is 16.9. The second-order valence-electron chi connectivity index (χ2n) is 9.71. The van der Waals surface area contributed by atoms with E-state index >= 15 is 0 Å². The Kier molecular flexibility index (Phi) is 8.37. The molecule has 3 N–H and O–H groups in total. The molecule has 2 aliphatic heterocycles. The normalized spacial score (nSPS) is 17.4. The summed E-state index contributed by atoms with van der Waals surface area (Å²) in [5.74, 6) is 0.0998. The number of ether oxygens (including phenoxy) is 1. The zero-order valence-electron chi connectivity index (χ0n) is 21.4. The highest BCUT2D eigenvalue weighted by molar-refractivity contribution is 6.33. The zero-order chi connectivity index (χ0) is 27.5. The molecule has 0 saturated carbocycles. The number of nitrogens with one attached hydrogen (secondary N) is 2. The molecule has 0 unspecified atom stereocenters. The van der Waals surface area contributed by atoms with Crippen LogP contribution in [0.2, 0.25) is 10.0 Å². The van der Waals surface area contributed by atoms with Crippen LogP contribution in [0.4, 0.5) is 10.7 Å². The van der Waals surface area contributed by atoms with Gasteiger partial charge in [-0.3, -0.25) is 9.36 Å². The summed E-state index contributed by atoms with van der Waals surface area (Å²) in [7, 11) is 0. The van der Waals surface area contributed by atoms with Crippen LogP contribution in [0.1, 0.15) is 37.1 Å². The van der Waals surface area contributed by atoms with Crippen molar-refractivity contribution >= 4 is 41.1 Å². The molecule has 2 aliphatic rings. The molecule has 1 fully saturated rings. The van der Waals surface area contributed by atoms with E-state index in [4.69, 9.17) is 27.9 Å². The fourth-order valence-corrected chi connectivity index (χ4v) is 5.29. The maximum Gasteiger partial charge on any atom is 0.329 e. The van der Waals surface area contributed by atoms with Crippen LogP contribution in [0.3, 0.4) is 0 Å². The van der Waals surface area contributed by atoms with Crippen LogP contribution >= 0.6 is 23.2 Å². The number of carbonyl (C=O) groups excluding carboxylic acids is 2. The van der Waals surface area contributed by atoms with Crippen LogP contribution in [-0.4, -0.2) is 74.9 Å². The summed E-state index contributed by atoms with van der Waals surface area (Å²) in [6, 6.07) is 7.34. The van der Waals surface area contributed by atoms with Gasteiger partial charge in [0.25, 0.3) is 0 Å². The molecule has 39 heavy (non-hydrogen) atoms. The Morgan fingerprint density at radius 2 is 2.05 bits per heavy atom. The number of aliphatic hydroxyl groups excluding tert-OH is 1. The summed E-state index contributed by atoms with van der Waals surface area (Å²) in [4.78, 5) is 37.0. The minimum Gasteiger partial charge on any atom is -0.394 e. The number of nitrogens with zero attached hydrogens (tertiary/aromatic N) is 4. The molecule has 0 spiro atoms. The number of benzene rings is 1. The van der Waals surface area contributed by atoms with Crippen molar-refractivity contribution in [1.29, 1.82) is 0 Å². The molecule has 1 saturated heterocycles. The average molecular weight is 573 g/mol. The second-order valence-corrected chi connectivity index (χ2v) is 10.6. The molecule has 206 valence electrons. The Bertz CT molecular complexity index is 1360. The predicted molar refractivity (Wildman–Crippen MR) is 148 cm³/mol. The lowest BCUT2D eigenvalue weighted by molar-refractivity contribution is -0.126. The first-order valence-electron chi connectivity index (χ1n) is 12.9. The fourth-order valence-electron chi connectivity index (χ4n) is 4.89. The van der Waals surface area contributed by atoms with Crippen molar-refractivity contribution in [3.63, 3.8) is 0 Å². The Morgan fingerprint density at radius 1 is 1.26 bits per heavy atom. The Morgan fingerprint density at radius 3 is 2.79 bits per heavy atom. The van der Waals surface area contributed by atoms with E-state index in [-0.39, 0.29) is 24.6 Å². The zero-order valence-corrected chi connectivity index (χ0v) is 23.0. The van der Waals surface area contributed by atoms with Crippen LogP contribution < -0.4 is 10.6 Å². The Hall–Kier alpha value is -3.18. The predicted octanol–water partition coefficient (Wildman–Crippen LogP) is 3.91. The standard InChI is InChI=1S/C27H30Cl2N6O4/c1-16(25(37)32-23(15-36)17-3-2-4-19(28)11-17)34-8-5-21-12-18(14-35(21)27(34)38)24-22(29)13-30-26(33-24)31-20-6-9-39-10-7-20/h2-4,11-14,16,20,23,36H,5-10,15H2,1H3,(H,32,37)(H,30,31,33)/t16-,23-/m1/s1. The summed E-state index contributed by atoms with van der Waals surface area (Å²) in [6.07, 6.45) is 5.55. The van der Waals surface area contributed by atoms with Crippen molar-refractivity contribution < 1.29 is 19.4 Å². The van der Waals surface area contributed by atoms with E-state index in [1.165, 1.54) is 9.47 Å². The van der Waals surface area contributed by atoms with Crippen LogP contribution in [0.15, 0.2) is 42.7 Å². The molecule has 2 amide bonds. The van der Waals surface area contributed by atoms with Gasteiger partial charge in [-0.25, -0.2) is 14.8 Å². The minimum absolute atomic E-state index is 0.224. The van der Waals surface area contributed by atoms with Crippen molar-refractivity contribution in [2.75, 3.05) is 31.7 Å². The largest absolute Gasteiger partial charge is 0.394 e. The number of halogens is 2. The number of rotatable bonds is 8. The monoisotopic (exact) mass is 572 g/mol. The third-order valence-electron chi connectivity index (χ3n) is 7.13. The molecule has 12 heteroatoms. The highest BCUT2D eigenvalue weighted by atomic mass is 35.5. The molecule has 0 radical (unpaired) electrons. The van der Waals surface area contributed by atoms with Gasteiger partial charge >= 0.3 is 6.03 Å². The maximum atomic E-state index is 13.4. The van der Waals surface area contributed by atoms with Gasteiger partial charge in [0, 0.05) is 54.7 Å². The van der Waals surface area contributed by atoms with Crippen LogP contribution in [-0.2, 0) is 16.0 Å². The first-order valence-corrected chi connectivity index (χ1v) is 13.7. The van der Waals surface area contributed by atoms with E-state index < -0.39 is 12.1 Å². The molecule has 10 nitrogen and oxygen atoms in total. The van der Waals surface area contributed by atoms with Crippen molar-refractivity contribution in [1.82, 2.24) is 24.8 Å². The van der Waals surface area contributed by atoms with Gasteiger partial charge in [0.2, 0.25) is 11.9 Å². The van der Waals surface area contributed by atoms with E-state index in [0.717, 1.165) is 18.5 Å². The third-order valence-corrected chi connectivity index (χ3v) is 7.64. The molecule has 0 aliphatic carbocycles. The van der Waals surface area contributed by atoms with Gasteiger partial charge in [-0.2, -0.15) is 0 Å². The quantitative estimate of drug-likeness (QED) is 0.374. The van der Waals surface area contributed by atoms with E-state index in [0.29, 0.717) is 59.0 Å². The molecular weight excluding hydrogens is 543 g/mol. The van der Waals surface area contributed by atoms with Crippen molar-refractivity contribution in [3.8, 4) is 11.3 Å². The van der Waals surface area contributed by atoms with Gasteiger partial charge < -0.3 is 25.4 Å². The molecule has 2 atom stereocenters. The smallest absolute Gasteiger partial charge is 0.329 e. The summed E-state index contributed by atoms with van der Waals surface area (Å²) in [5.41, 5.74) is 2.71. The number of aliphatic hydroxyl groups is 1. The van der Waals surface area contributed by atoms with Gasteiger partial charge in [-0.15, -0.1) is 0 Å². The van der Waals surface area contributed by atoms with Crippen molar-refractivity contribution in [2.45, 2.75) is 44.3 Å². The van der Waals surface area contributed by atoms with Gasteiger partial charge in [-0.1, -0.05) is 35.3 Å². The molecule has 5 rings (SSSR count). The molecule has 4 heterocycles. The van der Waals surface area contributed by atoms with E-state index in [1.807, 2.05) is 6.07 Å². The van der Waals surface area contributed by atoms with E-state index in [2.05, 4.69) is 20.6 Å². The van der Waals surface area contributed by atoms with Crippen LogP contribution in [0.25, 0.3) is 11.3 Å². The highest BCUT2D eigenvalue weighted by Crippen LogP contribution is 2.30. The number of fused-ring (bicyclic) bond motifs is 1. The van der Waals surface area contributed by atoms with Gasteiger partial charge in [0.15, 0.2) is 0 Å². The molecule has 2 aromatic heterocycles. The SMILES string of the molecule is C[C@H](C(=O)N[C@H](CO)c1cccc(Cl)c1)N1CCc2cc(-c3nc(NC4CCOCC4)ncc3Cl)cn2C1=O. The molecule has 1 aromatic carbocycles. The lowest BCUT2D eigenvalue weighted by Crippen LogP contribution is -2.52. The Labute approximate surface area is 236 Å². The topological polar surface area (TPSA) is 122 Å². The number of hydrogen-bond donors (Lipinski definition) is 3. The van der Waals surface area contributed by atoms with E-state index in [1.54, 1.807) is 43.6 Å². The van der Waals surface area contributed by atoms with Gasteiger partial charge in [0.05, 0.1) is 29.6 Å². The number of amides is 2. The lowest BCUT2D eigenvalue weighted by Gasteiger charge is -2.33. The van der Waals surface area contributed by atoms with Crippen LogP contribution in [0.5, 0.6) is 0 Å². The van der Waals surface area contributed by atoms with E-state index in [9.17, 15) is 14.7 Å². The third kappa shape index (κ3) is 6.04. The maximum absolute atomic E-state index is 13.4. The molecule has 0 bridgehead atoms. The fraction of sp³-hybridized carbons (Fsp3) is 0.407. The number of carbonyl (C=O) groups is 2. The molecule has 3 aromatic rings. The number of hydrogen-bond acceptors (Lipinski definition) is 7. The summed E-state index contributed by atoms with van der Waals surface area (Å²) >= 11 is 12.5. The summed E-state index contributed by atoms with van der Waals surface area (Å²) in [6.45, 7) is 3.13. The second kappa shape index (κ2) is 11.9. The number of anilines is 1. The molecular formula is C27H30Cl2N6O4. The Balaban J connectivity index is 1.30. The van der Waals surface area contributed by atoms with Crippen LogP contribution in [0, 0.1) is 0 Å². The van der Waals surface area contributed by atoms with Gasteiger partial charge in [-0.05, 0) is 43.5 Å². The lowest BCUT2D eigenvalue weighted by atomic mass is 10.1.